The number of rotatable bonds is 5. The first-order valence-corrected chi connectivity index (χ1v) is 7.23. The molecule has 0 aromatic rings. The Labute approximate surface area is 135 Å². The molecule has 0 aromatic heterocycles. The number of hydrogen-bond acceptors (Lipinski definition) is 7. The van der Waals surface area contributed by atoms with Gasteiger partial charge in [0.15, 0.2) is 6.29 Å². The third kappa shape index (κ3) is 6.30. The third-order valence-corrected chi connectivity index (χ3v) is 3.15. The lowest BCUT2D eigenvalue weighted by Gasteiger charge is -2.39. The van der Waals surface area contributed by atoms with Gasteiger partial charge in [-0.15, -0.1) is 0 Å². The summed E-state index contributed by atoms with van der Waals surface area (Å²) in [6, 6.07) is 0. The smallest absolute Gasteiger partial charge is 0.186 e. The lowest BCUT2D eigenvalue weighted by atomic mass is 9.99. The van der Waals surface area contributed by atoms with E-state index in [0.29, 0.717) is 0 Å². The van der Waals surface area contributed by atoms with Gasteiger partial charge >= 0.3 is 0 Å². The zero-order valence-corrected chi connectivity index (χ0v) is 12.8. The fourth-order valence-corrected chi connectivity index (χ4v) is 1.85. The van der Waals surface area contributed by atoms with Crippen molar-refractivity contribution >= 4 is 0 Å². The normalized spacial score (nSPS) is 31.8. The number of aliphatic hydroxyl groups is 5. The van der Waals surface area contributed by atoms with Crippen LogP contribution in [0, 0.1) is 23.7 Å². The van der Waals surface area contributed by atoms with E-state index in [1.54, 1.807) is 12.2 Å². The van der Waals surface area contributed by atoms with Gasteiger partial charge in [-0.25, -0.2) is 0 Å². The van der Waals surface area contributed by atoms with Crippen molar-refractivity contribution in [1.82, 2.24) is 0 Å². The first-order chi connectivity index (χ1) is 11.0. The molecule has 7 nitrogen and oxygen atoms in total. The molecule has 1 aliphatic rings. The van der Waals surface area contributed by atoms with E-state index in [1.165, 1.54) is 0 Å². The van der Waals surface area contributed by atoms with Crippen LogP contribution in [0.5, 0.6) is 0 Å². The highest BCUT2D eigenvalue weighted by Gasteiger charge is 2.43. The minimum Gasteiger partial charge on any atom is -0.394 e. The van der Waals surface area contributed by atoms with Gasteiger partial charge in [0.2, 0.25) is 0 Å². The third-order valence-electron chi connectivity index (χ3n) is 3.15. The maximum Gasteiger partial charge on any atom is 0.186 e. The summed E-state index contributed by atoms with van der Waals surface area (Å²) >= 11 is 0. The first kappa shape index (κ1) is 19.6. The van der Waals surface area contributed by atoms with Gasteiger partial charge in [-0.2, -0.15) is 0 Å². The second-order valence-corrected chi connectivity index (χ2v) is 4.91. The molecule has 1 fully saturated rings. The highest BCUT2D eigenvalue weighted by atomic mass is 16.7. The Hall–Kier alpha value is -1.42. The zero-order chi connectivity index (χ0) is 17.2. The molecule has 5 N–H and O–H groups in total. The molecule has 0 spiro atoms. The van der Waals surface area contributed by atoms with Gasteiger partial charge in [0.1, 0.15) is 30.5 Å². The Kier molecular flexibility index (Phi) is 8.85. The van der Waals surface area contributed by atoms with Crippen LogP contribution < -0.4 is 0 Å². The van der Waals surface area contributed by atoms with Crippen molar-refractivity contribution in [2.45, 2.75) is 50.2 Å². The maximum atomic E-state index is 9.75. The summed E-state index contributed by atoms with van der Waals surface area (Å²) in [5.41, 5.74) is 0. The molecule has 1 rings (SSSR count). The zero-order valence-electron chi connectivity index (χ0n) is 12.8. The van der Waals surface area contributed by atoms with Crippen LogP contribution >= 0.6 is 0 Å². The van der Waals surface area contributed by atoms with Crippen LogP contribution in [-0.4, -0.2) is 75.6 Å². The van der Waals surface area contributed by atoms with Crippen LogP contribution in [0.4, 0.5) is 0 Å². The summed E-state index contributed by atoms with van der Waals surface area (Å²) in [6.45, 7) is 1.30. The standard InChI is InChI=1S/C16H22O7/c1-2-3-4-5-6-7-11(18)8-9-22-16-15(21)14(20)13(19)12(10-17)23-16/h2-3,11-21H,8-10H2,1H3/b3-2+/t11-,12+,13+,14-,15+,16+/m0/s1. The van der Waals surface area contributed by atoms with Crippen molar-refractivity contribution in [3.8, 4) is 23.7 Å². The van der Waals surface area contributed by atoms with E-state index in [0.717, 1.165) is 0 Å². The second-order valence-electron chi connectivity index (χ2n) is 4.91. The second kappa shape index (κ2) is 10.4. The molecule has 0 unspecified atom stereocenters. The molecule has 23 heavy (non-hydrogen) atoms. The summed E-state index contributed by atoms with van der Waals surface area (Å²) < 4.78 is 10.4. The highest BCUT2D eigenvalue weighted by Crippen LogP contribution is 2.22. The van der Waals surface area contributed by atoms with E-state index in [1.807, 2.05) is 6.92 Å². The van der Waals surface area contributed by atoms with Crippen LogP contribution in [-0.2, 0) is 9.47 Å². The SMILES string of the molecule is C/C=C/C#CC#C[C@H](O)CCO[C@@H]1O[C@H](CO)[C@@H](O)[C@H](O)[C@H]1O. The van der Waals surface area contributed by atoms with E-state index in [9.17, 15) is 20.4 Å². The number of hydrogen-bond donors (Lipinski definition) is 5. The lowest BCUT2D eigenvalue weighted by molar-refractivity contribution is -0.301. The van der Waals surface area contributed by atoms with Gasteiger partial charge in [0, 0.05) is 6.42 Å². The molecule has 1 heterocycles. The Morgan fingerprint density at radius 3 is 2.57 bits per heavy atom. The molecule has 128 valence electrons. The van der Waals surface area contributed by atoms with Crippen LogP contribution in [0.3, 0.4) is 0 Å². The Morgan fingerprint density at radius 2 is 1.91 bits per heavy atom. The molecule has 0 amide bonds. The predicted octanol–water partition coefficient (Wildman–Crippen LogP) is -1.86. The summed E-state index contributed by atoms with van der Waals surface area (Å²) in [5, 5.41) is 47.6. The van der Waals surface area contributed by atoms with Crippen LogP contribution in [0.2, 0.25) is 0 Å². The number of aliphatic hydroxyl groups excluding tert-OH is 5. The van der Waals surface area contributed by atoms with Gasteiger partial charge < -0.3 is 35.0 Å². The summed E-state index contributed by atoms with van der Waals surface area (Å²) in [4.78, 5) is 0. The molecular weight excluding hydrogens is 304 g/mol. The van der Waals surface area contributed by atoms with E-state index in [-0.39, 0.29) is 13.0 Å². The van der Waals surface area contributed by atoms with Crippen LogP contribution in [0.1, 0.15) is 13.3 Å². The predicted molar refractivity (Wildman–Crippen MR) is 80.7 cm³/mol. The molecule has 0 bridgehead atoms. The van der Waals surface area contributed by atoms with E-state index in [4.69, 9.17) is 14.6 Å². The van der Waals surface area contributed by atoms with Gasteiger partial charge in [0.05, 0.1) is 13.2 Å². The van der Waals surface area contributed by atoms with Crippen LogP contribution in [0.15, 0.2) is 12.2 Å². The summed E-state index contributed by atoms with van der Waals surface area (Å²) in [7, 11) is 0. The molecule has 0 aromatic carbocycles. The average molecular weight is 326 g/mol. The molecule has 7 heteroatoms. The Morgan fingerprint density at radius 1 is 1.17 bits per heavy atom. The van der Waals surface area contributed by atoms with Crippen molar-refractivity contribution in [1.29, 1.82) is 0 Å². The molecule has 0 radical (unpaired) electrons. The molecular formula is C16H22O7. The average Bonchev–Trinajstić information content (AvgIpc) is 2.54. The minimum absolute atomic E-state index is 0.000822. The minimum atomic E-state index is -1.49. The Balaban J connectivity index is 2.41. The van der Waals surface area contributed by atoms with Gasteiger partial charge in [-0.1, -0.05) is 17.9 Å². The Bertz CT molecular complexity index is 494. The van der Waals surface area contributed by atoms with E-state index >= 15 is 0 Å². The quantitative estimate of drug-likeness (QED) is 0.376. The molecule has 6 atom stereocenters. The van der Waals surface area contributed by atoms with Crippen molar-refractivity contribution in [2.24, 2.45) is 0 Å². The maximum absolute atomic E-state index is 9.75. The molecule has 1 aliphatic heterocycles. The lowest BCUT2D eigenvalue weighted by Crippen LogP contribution is -2.59. The monoisotopic (exact) mass is 326 g/mol. The molecule has 1 saturated heterocycles. The number of ether oxygens (including phenoxy) is 2. The van der Waals surface area contributed by atoms with Crippen molar-refractivity contribution in [3.05, 3.63) is 12.2 Å². The van der Waals surface area contributed by atoms with Crippen molar-refractivity contribution in [2.75, 3.05) is 13.2 Å². The van der Waals surface area contributed by atoms with E-state index < -0.39 is 43.4 Å². The van der Waals surface area contributed by atoms with Gasteiger partial charge in [0.25, 0.3) is 0 Å². The fraction of sp³-hybridized carbons (Fsp3) is 0.625. The van der Waals surface area contributed by atoms with Crippen molar-refractivity contribution < 1.29 is 35.0 Å². The van der Waals surface area contributed by atoms with E-state index in [2.05, 4.69) is 23.7 Å². The van der Waals surface area contributed by atoms with Crippen molar-refractivity contribution in [3.63, 3.8) is 0 Å². The van der Waals surface area contributed by atoms with Gasteiger partial charge in [-0.05, 0) is 24.8 Å². The van der Waals surface area contributed by atoms with Crippen LogP contribution in [0.25, 0.3) is 0 Å². The molecule has 0 saturated carbocycles. The molecule has 0 aliphatic carbocycles. The summed E-state index contributed by atoms with van der Waals surface area (Å²) in [5.74, 6) is 10.2. The van der Waals surface area contributed by atoms with Gasteiger partial charge in [-0.3, -0.25) is 0 Å². The first-order valence-electron chi connectivity index (χ1n) is 7.23. The summed E-state index contributed by atoms with van der Waals surface area (Å²) in [6.07, 6.45) is -4.02. The topological polar surface area (TPSA) is 120 Å². The number of allylic oxidation sites excluding steroid dienone is 2. The fourth-order valence-electron chi connectivity index (χ4n) is 1.85. The largest absolute Gasteiger partial charge is 0.394 e. The highest BCUT2D eigenvalue weighted by molar-refractivity contribution is 5.31.